The number of ether oxygens (including phenoxy) is 1. The fourth-order valence-corrected chi connectivity index (χ4v) is 4.36. The average Bonchev–Trinajstić information content (AvgIpc) is 3.70. The Morgan fingerprint density at radius 3 is 2.54 bits per heavy atom. The molecule has 2 heterocycles. The monoisotopic (exact) mass is 465 g/mol. The average molecular weight is 466 g/mol. The molecule has 0 aliphatic heterocycles. The number of anilines is 1. The Morgan fingerprint density at radius 1 is 1.11 bits per heavy atom. The molecular weight excluding hydrogens is 438 g/mol. The van der Waals surface area contributed by atoms with Crippen LogP contribution in [0.15, 0.2) is 72.3 Å². The number of nitrogens with one attached hydrogen (secondary N) is 1. The summed E-state index contributed by atoms with van der Waals surface area (Å²) >= 11 is 0. The second-order valence-electron chi connectivity index (χ2n) is 9.12. The van der Waals surface area contributed by atoms with Crippen LogP contribution < -0.4 is 15.6 Å². The second kappa shape index (κ2) is 8.87. The Kier molecular flexibility index (Phi) is 5.73. The largest absolute Gasteiger partial charge is 0.456 e. The molecule has 0 saturated heterocycles. The summed E-state index contributed by atoms with van der Waals surface area (Å²) in [6.45, 7) is 7.55. The lowest BCUT2D eigenvalue weighted by atomic mass is 9.99. The van der Waals surface area contributed by atoms with Gasteiger partial charge in [0.2, 0.25) is 5.91 Å². The van der Waals surface area contributed by atoms with Crippen molar-refractivity contribution in [3.8, 4) is 22.6 Å². The maximum Gasteiger partial charge on any atom is 0.258 e. The summed E-state index contributed by atoms with van der Waals surface area (Å²) in [5.41, 5.74) is 5.07. The Labute approximate surface area is 203 Å². The third-order valence-electron chi connectivity index (χ3n) is 6.43. The van der Waals surface area contributed by atoms with E-state index in [-0.39, 0.29) is 11.5 Å². The number of nitrogens with zero attached hydrogens (tertiary/aromatic N) is 2. The van der Waals surface area contributed by atoms with Crippen LogP contribution in [-0.2, 0) is 11.8 Å². The van der Waals surface area contributed by atoms with Crippen molar-refractivity contribution < 1.29 is 9.53 Å². The molecule has 0 unspecified atom stereocenters. The van der Waals surface area contributed by atoms with Gasteiger partial charge < -0.3 is 14.6 Å². The van der Waals surface area contributed by atoms with Crippen molar-refractivity contribution in [1.82, 2.24) is 9.55 Å². The molecule has 6 nitrogen and oxygen atoms in total. The number of hydrogen-bond acceptors (Lipinski definition) is 4. The molecule has 0 atom stereocenters. The molecule has 0 spiro atoms. The molecule has 5 rings (SSSR count). The van der Waals surface area contributed by atoms with Crippen LogP contribution in [0.1, 0.15) is 35.6 Å². The van der Waals surface area contributed by atoms with E-state index in [4.69, 9.17) is 4.74 Å². The lowest BCUT2D eigenvalue weighted by molar-refractivity contribution is -0.111. The van der Waals surface area contributed by atoms with Crippen LogP contribution in [0.3, 0.4) is 0 Å². The quantitative estimate of drug-likeness (QED) is 0.354. The maximum atomic E-state index is 13.1. The highest BCUT2D eigenvalue weighted by atomic mass is 16.5. The van der Waals surface area contributed by atoms with Crippen LogP contribution in [0.5, 0.6) is 11.5 Å². The molecule has 1 aliphatic carbocycles. The first kappa shape index (κ1) is 22.6. The third kappa shape index (κ3) is 4.35. The van der Waals surface area contributed by atoms with Crippen molar-refractivity contribution in [3.05, 3.63) is 94.7 Å². The second-order valence-corrected chi connectivity index (χ2v) is 9.12. The third-order valence-corrected chi connectivity index (χ3v) is 6.43. The van der Waals surface area contributed by atoms with Gasteiger partial charge in [-0.1, -0.05) is 24.8 Å². The van der Waals surface area contributed by atoms with E-state index < -0.39 is 0 Å². The number of carbonyl (C=O) groups excluding carboxylic acids is 1. The number of benzene rings is 2. The molecule has 4 aromatic rings. The van der Waals surface area contributed by atoms with Gasteiger partial charge in [-0.15, -0.1) is 0 Å². The summed E-state index contributed by atoms with van der Waals surface area (Å²) in [4.78, 5) is 29.7. The van der Waals surface area contributed by atoms with Crippen LogP contribution >= 0.6 is 0 Å². The maximum absolute atomic E-state index is 13.1. The molecule has 1 N–H and O–H groups in total. The van der Waals surface area contributed by atoms with E-state index in [1.807, 2.05) is 50.2 Å². The topological polar surface area (TPSA) is 73.2 Å². The SMILES string of the molecule is C=CC(=O)Nc1ccc(Oc2c(C)cccc2C)c(-c2cn(C)c(=O)c3cc(C4CC4)ncc23)c1. The normalized spacial score (nSPS) is 13.0. The fraction of sp³-hybridized carbons (Fsp3) is 0.207. The zero-order chi connectivity index (χ0) is 24.7. The zero-order valence-corrected chi connectivity index (χ0v) is 20.1. The molecule has 35 heavy (non-hydrogen) atoms. The number of pyridine rings is 2. The van der Waals surface area contributed by atoms with E-state index >= 15 is 0 Å². The van der Waals surface area contributed by atoms with Crippen LogP contribution in [0.4, 0.5) is 5.69 Å². The van der Waals surface area contributed by atoms with Gasteiger partial charge in [0.1, 0.15) is 11.5 Å². The van der Waals surface area contributed by atoms with Crippen LogP contribution in [0.25, 0.3) is 21.9 Å². The van der Waals surface area contributed by atoms with Gasteiger partial charge in [0.15, 0.2) is 0 Å². The Hall–Kier alpha value is -4.19. The van der Waals surface area contributed by atoms with Crippen molar-refractivity contribution in [2.75, 3.05) is 5.32 Å². The smallest absolute Gasteiger partial charge is 0.258 e. The summed E-state index contributed by atoms with van der Waals surface area (Å²) in [5, 5.41) is 4.20. The van der Waals surface area contributed by atoms with Gasteiger partial charge in [0.05, 0.1) is 5.39 Å². The molecular formula is C29H27N3O3. The van der Waals surface area contributed by atoms with E-state index in [0.29, 0.717) is 22.7 Å². The van der Waals surface area contributed by atoms with E-state index in [0.717, 1.165) is 51.9 Å². The zero-order valence-electron chi connectivity index (χ0n) is 20.1. The van der Waals surface area contributed by atoms with Crippen molar-refractivity contribution in [2.45, 2.75) is 32.6 Å². The predicted octanol–water partition coefficient (Wildman–Crippen LogP) is 6.01. The molecule has 2 aromatic heterocycles. The summed E-state index contributed by atoms with van der Waals surface area (Å²) in [5.74, 6) is 1.53. The number of aryl methyl sites for hydroxylation is 3. The van der Waals surface area contributed by atoms with Gasteiger partial charge in [-0.05, 0) is 68.2 Å². The van der Waals surface area contributed by atoms with E-state index in [2.05, 4.69) is 16.9 Å². The van der Waals surface area contributed by atoms with Gasteiger partial charge in [-0.3, -0.25) is 14.6 Å². The molecule has 1 saturated carbocycles. The molecule has 1 amide bonds. The molecule has 176 valence electrons. The summed E-state index contributed by atoms with van der Waals surface area (Å²) in [6.07, 6.45) is 7.03. The summed E-state index contributed by atoms with van der Waals surface area (Å²) in [6, 6.07) is 13.4. The molecule has 0 radical (unpaired) electrons. The number of fused-ring (bicyclic) bond motifs is 1. The van der Waals surface area contributed by atoms with Crippen molar-refractivity contribution in [3.63, 3.8) is 0 Å². The minimum absolute atomic E-state index is 0.0682. The minimum atomic E-state index is -0.305. The van der Waals surface area contributed by atoms with Gasteiger partial charge in [0, 0.05) is 53.3 Å². The van der Waals surface area contributed by atoms with Gasteiger partial charge in [-0.25, -0.2) is 0 Å². The van der Waals surface area contributed by atoms with Crippen molar-refractivity contribution in [1.29, 1.82) is 0 Å². The van der Waals surface area contributed by atoms with Crippen LogP contribution in [0.2, 0.25) is 0 Å². The van der Waals surface area contributed by atoms with Crippen LogP contribution in [-0.4, -0.2) is 15.5 Å². The van der Waals surface area contributed by atoms with E-state index in [1.54, 1.807) is 30.1 Å². The number of amides is 1. The molecule has 0 bridgehead atoms. The van der Waals surface area contributed by atoms with Gasteiger partial charge in [-0.2, -0.15) is 0 Å². The van der Waals surface area contributed by atoms with Crippen LogP contribution in [0, 0.1) is 13.8 Å². The predicted molar refractivity (Wildman–Crippen MR) is 139 cm³/mol. The van der Waals surface area contributed by atoms with Gasteiger partial charge in [0.25, 0.3) is 5.56 Å². The highest BCUT2D eigenvalue weighted by molar-refractivity contribution is 6.01. The fourth-order valence-electron chi connectivity index (χ4n) is 4.36. The number of carbonyl (C=O) groups is 1. The standard InChI is InChI=1S/C29H27N3O3/c1-5-27(33)31-20-11-12-26(35-28-17(2)7-6-8-18(28)3)21(13-20)24-16-32(4)29(34)22-14-25(19-9-10-19)30-15-23(22)24/h5-8,11-16,19H,1,9-10H2,2-4H3,(H,31,33). The molecule has 1 fully saturated rings. The molecule has 6 heteroatoms. The lowest BCUT2D eigenvalue weighted by Gasteiger charge is -2.18. The number of rotatable bonds is 6. The Balaban J connectivity index is 1.73. The Bertz CT molecular complexity index is 1530. The first-order chi connectivity index (χ1) is 16.9. The molecule has 2 aromatic carbocycles. The lowest BCUT2D eigenvalue weighted by Crippen LogP contribution is -2.17. The van der Waals surface area contributed by atoms with Gasteiger partial charge >= 0.3 is 0 Å². The first-order valence-electron chi connectivity index (χ1n) is 11.7. The van der Waals surface area contributed by atoms with E-state index in [9.17, 15) is 9.59 Å². The minimum Gasteiger partial charge on any atom is -0.456 e. The summed E-state index contributed by atoms with van der Waals surface area (Å²) < 4.78 is 8.05. The number of aromatic nitrogens is 2. The van der Waals surface area contributed by atoms with Crippen molar-refractivity contribution >= 4 is 22.4 Å². The van der Waals surface area contributed by atoms with E-state index in [1.165, 1.54) is 6.08 Å². The highest BCUT2D eigenvalue weighted by Crippen LogP contribution is 2.42. The highest BCUT2D eigenvalue weighted by Gasteiger charge is 2.26. The first-order valence-corrected chi connectivity index (χ1v) is 11.7. The van der Waals surface area contributed by atoms with Crippen molar-refractivity contribution in [2.24, 2.45) is 7.05 Å². The summed E-state index contributed by atoms with van der Waals surface area (Å²) in [7, 11) is 1.75. The Morgan fingerprint density at radius 2 is 1.86 bits per heavy atom. The number of para-hydroxylation sites is 1. The number of hydrogen-bond donors (Lipinski definition) is 1. The molecule has 1 aliphatic rings.